The summed E-state index contributed by atoms with van der Waals surface area (Å²) in [5.41, 5.74) is 2.38. The predicted molar refractivity (Wildman–Crippen MR) is 64.4 cm³/mol. The predicted octanol–water partition coefficient (Wildman–Crippen LogP) is 1.01. The number of hydrogen-bond donors (Lipinski definition) is 2. The molecule has 0 spiro atoms. The van der Waals surface area contributed by atoms with Crippen LogP contribution in [0.4, 0.5) is 5.69 Å². The van der Waals surface area contributed by atoms with Gasteiger partial charge in [0.2, 0.25) is 0 Å². The van der Waals surface area contributed by atoms with Crippen LogP contribution in [-0.2, 0) is 0 Å². The number of aliphatic hydroxyl groups is 1. The van der Waals surface area contributed by atoms with E-state index in [1.54, 1.807) is 0 Å². The van der Waals surface area contributed by atoms with Crippen LogP contribution in [0, 0.1) is 6.92 Å². The molecular weight excluding hydrogens is 188 g/mol. The number of anilines is 1. The second kappa shape index (κ2) is 5.73. The molecule has 1 unspecified atom stereocenters. The molecule has 0 aromatic heterocycles. The molecule has 1 aromatic rings. The molecule has 0 aliphatic heterocycles. The van der Waals surface area contributed by atoms with Crippen molar-refractivity contribution in [3.63, 3.8) is 0 Å². The van der Waals surface area contributed by atoms with Gasteiger partial charge in [-0.05, 0) is 31.7 Å². The average molecular weight is 208 g/mol. The number of benzene rings is 1. The Balaban J connectivity index is 2.56. The van der Waals surface area contributed by atoms with E-state index in [2.05, 4.69) is 35.3 Å². The van der Waals surface area contributed by atoms with Crippen molar-refractivity contribution in [2.45, 2.75) is 13.0 Å². The minimum absolute atomic E-state index is 0.333. The molecule has 0 saturated heterocycles. The third-order valence-corrected chi connectivity index (χ3v) is 2.37. The first-order valence-corrected chi connectivity index (χ1v) is 5.24. The van der Waals surface area contributed by atoms with Gasteiger partial charge in [0, 0.05) is 25.8 Å². The minimum atomic E-state index is -0.333. The first-order chi connectivity index (χ1) is 7.13. The van der Waals surface area contributed by atoms with E-state index >= 15 is 0 Å². The maximum atomic E-state index is 9.65. The maximum absolute atomic E-state index is 9.65. The highest BCUT2D eigenvalue weighted by Gasteiger charge is 2.07. The Hall–Kier alpha value is -1.06. The van der Waals surface area contributed by atoms with Crippen molar-refractivity contribution in [1.29, 1.82) is 0 Å². The third-order valence-electron chi connectivity index (χ3n) is 2.37. The van der Waals surface area contributed by atoms with E-state index in [0.717, 1.165) is 5.69 Å². The second-order valence-electron chi connectivity index (χ2n) is 3.93. The molecule has 84 valence electrons. The smallest absolute Gasteiger partial charge is 0.0838 e. The van der Waals surface area contributed by atoms with Gasteiger partial charge in [-0.3, -0.25) is 0 Å². The van der Waals surface area contributed by atoms with Gasteiger partial charge in [0.05, 0.1) is 6.10 Å². The van der Waals surface area contributed by atoms with Crippen LogP contribution < -0.4 is 10.2 Å². The van der Waals surface area contributed by atoms with Gasteiger partial charge in [0.25, 0.3) is 0 Å². The molecule has 0 saturated carbocycles. The van der Waals surface area contributed by atoms with Crippen LogP contribution in [0.25, 0.3) is 0 Å². The third kappa shape index (κ3) is 3.90. The average Bonchev–Trinajstić information content (AvgIpc) is 2.18. The summed E-state index contributed by atoms with van der Waals surface area (Å²) in [5, 5.41) is 12.6. The zero-order chi connectivity index (χ0) is 11.3. The van der Waals surface area contributed by atoms with E-state index in [1.807, 2.05) is 20.2 Å². The van der Waals surface area contributed by atoms with Crippen LogP contribution in [0.1, 0.15) is 5.56 Å². The fourth-order valence-electron chi connectivity index (χ4n) is 1.59. The number of nitrogens with zero attached hydrogens (tertiary/aromatic N) is 1. The van der Waals surface area contributed by atoms with Crippen molar-refractivity contribution in [1.82, 2.24) is 5.32 Å². The standard InChI is InChI=1S/C12H20N2O/c1-10-5-4-6-11(7-10)14(3)9-12(15)8-13-2/h4-7,12-13,15H,8-9H2,1-3H3. The molecule has 2 N–H and O–H groups in total. The van der Waals surface area contributed by atoms with E-state index in [4.69, 9.17) is 0 Å². The van der Waals surface area contributed by atoms with Crippen LogP contribution in [0.3, 0.4) is 0 Å². The van der Waals surface area contributed by atoms with Crippen molar-refractivity contribution < 1.29 is 5.11 Å². The first kappa shape index (κ1) is 12.0. The summed E-state index contributed by atoms with van der Waals surface area (Å²) in [6.07, 6.45) is -0.333. The molecule has 0 radical (unpaired) electrons. The monoisotopic (exact) mass is 208 g/mol. The van der Waals surface area contributed by atoms with Crippen LogP contribution in [0.2, 0.25) is 0 Å². The number of likely N-dealkylation sites (N-methyl/N-ethyl adjacent to an activating group) is 2. The van der Waals surface area contributed by atoms with Crippen molar-refractivity contribution in [2.75, 3.05) is 32.1 Å². The van der Waals surface area contributed by atoms with Gasteiger partial charge in [-0.2, -0.15) is 0 Å². The number of aryl methyl sites for hydroxylation is 1. The molecule has 15 heavy (non-hydrogen) atoms. The van der Waals surface area contributed by atoms with E-state index < -0.39 is 0 Å². The minimum Gasteiger partial charge on any atom is -0.390 e. The van der Waals surface area contributed by atoms with Gasteiger partial charge in [-0.1, -0.05) is 12.1 Å². The van der Waals surface area contributed by atoms with Gasteiger partial charge < -0.3 is 15.3 Å². The quantitative estimate of drug-likeness (QED) is 0.758. The molecule has 3 heteroatoms. The van der Waals surface area contributed by atoms with Gasteiger partial charge in [0.15, 0.2) is 0 Å². The molecule has 0 amide bonds. The van der Waals surface area contributed by atoms with Gasteiger partial charge in [-0.25, -0.2) is 0 Å². The van der Waals surface area contributed by atoms with Crippen LogP contribution in [-0.4, -0.2) is 38.4 Å². The highest BCUT2D eigenvalue weighted by molar-refractivity contribution is 5.47. The number of rotatable bonds is 5. The zero-order valence-electron chi connectivity index (χ0n) is 9.70. The molecule has 1 rings (SSSR count). The number of nitrogens with one attached hydrogen (secondary N) is 1. The second-order valence-corrected chi connectivity index (χ2v) is 3.93. The maximum Gasteiger partial charge on any atom is 0.0838 e. The van der Waals surface area contributed by atoms with Crippen molar-refractivity contribution in [2.24, 2.45) is 0 Å². The summed E-state index contributed by atoms with van der Waals surface area (Å²) in [6, 6.07) is 8.28. The Morgan fingerprint density at radius 1 is 1.47 bits per heavy atom. The number of hydrogen-bond acceptors (Lipinski definition) is 3. The number of aliphatic hydroxyl groups excluding tert-OH is 1. The summed E-state index contributed by atoms with van der Waals surface area (Å²) >= 11 is 0. The molecule has 0 aliphatic carbocycles. The molecular formula is C12H20N2O. The van der Waals surface area contributed by atoms with E-state index in [-0.39, 0.29) is 6.10 Å². The molecule has 0 heterocycles. The molecule has 0 aliphatic rings. The van der Waals surface area contributed by atoms with E-state index in [9.17, 15) is 5.11 Å². The Morgan fingerprint density at radius 2 is 2.20 bits per heavy atom. The summed E-state index contributed by atoms with van der Waals surface area (Å²) in [7, 11) is 3.84. The Kier molecular flexibility index (Phi) is 4.59. The topological polar surface area (TPSA) is 35.5 Å². The van der Waals surface area contributed by atoms with Crippen LogP contribution in [0.5, 0.6) is 0 Å². The first-order valence-electron chi connectivity index (χ1n) is 5.24. The molecule has 1 aromatic carbocycles. The fourth-order valence-corrected chi connectivity index (χ4v) is 1.59. The van der Waals surface area contributed by atoms with Crippen molar-refractivity contribution in [3.8, 4) is 0 Å². The Labute approximate surface area is 91.7 Å². The Morgan fingerprint density at radius 3 is 2.80 bits per heavy atom. The summed E-state index contributed by atoms with van der Waals surface area (Å²) in [4.78, 5) is 2.06. The molecule has 1 atom stereocenters. The summed E-state index contributed by atoms with van der Waals surface area (Å²) < 4.78 is 0. The molecule has 0 bridgehead atoms. The SMILES string of the molecule is CNCC(O)CN(C)c1cccc(C)c1. The lowest BCUT2D eigenvalue weighted by atomic mass is 10.2. The van der Waals surface area contributed by atoms with Gasteiger partial charge in [0.1, 0.15) is 0 Å². The lowest BCUT2D eigenvalue weighted by molar-refractivity contribution is 0.181. The molecule has 3 nitrogen and oxygen atoms in total. The van der Waals surface area contributed by atoms with Crippen LogP contribution in [0.15, 0.2) is 24.3 Å². The zero-order valence-corrected chi connectivity index (χ0v) is 9.70. The van der Waals surface area contributed by atoms with E-state index in [0.29, 0.717) is 13.1 Å². The van der Waals surface area contributed by atoms with Crippen molar-refractivity contribution in [3.05, 3.63) is 29.8 Å². The molecule has 0 fully saturated rings. The normalized spacial score (nSPS) is 12.5. The van der Waals surface area contributed by atoms with Crippen molar-refractivity contribution >= 4 is 5.69 Å². The Bertz CT molecular complexity index is 301. The van der Waals surface area contributed by atoms with Gasteiger partial charge >= 0.3 is 0 Å². The van der Waals surface area contributed by atoms with Gasteiger partial charge in [-0.15, -0.1) is 0 Å². The van der Waals surface area contributed by atoms with E-state index in [1.165, 1.54) is 5.56 Å². The highest BCUT2D eigenvalue weighted by Crippen LogP contribution is 2.14. The summed E-state index contributed by atoms with van der Waals surface area (Å²) in [6.45, 7) is 3.34. The highest BCUT2D eigenvalue weighted by atomic mass is 16.3. The lowest BCUT2D eigenvalue weighted by Gasteiger charge is -2.22. The summed E-state index contributed by atoms with van der Waals surface area (Å²) in [5.74, 6) is 0. The fraction of sp³-hybridized carbons (Fsp3) is 0.500. The largest absolute Gasteiger partial charge is 0.390 e. The van der Waals surface area contributed by atoms with Crippen LogP contribution >= 0.6 is 0 Å². The lowest BCUT2D eigenvalue weighted by Crippen LogP contribution is -2.35.